The van der Waals surface area contributed by atoms with Gasteiger partial charge in [0.15, 0.2) is 0 Å². The fourth-order valence-electron chi connectivity index (χ4n) is 5.38. The molecule has 0 bridgehead atoms. The van der Waals surface area contributed by atoms with Crippen LogP contribution in [-0.4, -0.2) is 47.9 Å². The summed E-state index contributed by atoms with van der Waals surface area (Å²) in [6, 6.07) is 14.0. The highest BCUT2D eigenvalue weighted by Gasteiger charge is 2.34. The van der Waals surface area contributed by atoms with Gasteiger partial charge in [0.25, 0.3) is 11.8 Å². The van der Waals surface area contributed by atoms with Crippen LogP contribution in [0.1, 0.15) is 76.4 Å². The van der Waals surface area contributed by atoms with Gasteiger partial charge in [-0.3, -0.25) is 19.4 Å². The van der Waals surface area contributed by atoms with E-state index in [9.17, 15) is 9.59 Å². The van der Waals surface area contributed by atoms with E-state index in [2.05, 4.69) is 23.1 Å². The number of rotatable bonds is 6. The van der Waals surface area contributed by atoms with Gasteiger partial charge < -0.3 is 4.74 Å². The Balaban J connectivity index is 1.21. The molecule has 0 saturated carbocycles. The molecule has 3 aliphatic rings. The highest BCUT2D eigenvalue weighted by molar-refractivity contribution is 6.21. The first-order valence-electron chi connectivity index (χ1n) is 11.7. The van der Waals surface area contributed by atoms with Crippen LogP contribution in [0.5, 0.6) is 5.75 Å². The SMILES string of the molecule is O=C1c2ccccc2C(=O)N1CCCOc1cccc2c1CCCC2N1CCCCC1. The number of carbonyl (C=O) groups is 2. The molecule has 1 saturated heterocycles. The molecule has 5 nitrogen and oxygen atoms in total. The van der Waals surface area contributed by atoms with Gasteiger partial charge in [0.1, 0.15) is 5.75 Å². The molecular weight excluding hydrogens is 388 g/mol. The van der Waals surface area contributed by atoms with Gasteiger partial charge in [-0.2, -0.15) is 0 Å². The summed E-state index contributed by atoms with van der Waals surface area (Å²) >= 11 is 0. The molecule has 0 spiro atoms. The highest BCUT2D eigenvalue weighted by atomic mass is 16.5. The Hall–Kier alpha value is -2.66. The van der Waals surface area contributed by atoms with Gasteiger partial charge >= 0.3 is 0 Å². The fraction of sp³-hybridized carbons (Fsp3) is 0.462. The third-order valence-corrected chi connectivity index (χ3v) is 6.93. The maximum absolute atomic E-state index is 12.5. The van der Waals surface area contributed by atoms with Crippen LogP contribution in [0.15, 0.2) is 42.5 Å². The molecule has 1 aliphatic carbocycles. The molecule has 5 rings (SSSR count). The summed E-state index contributed by atoms with van der Waals surface area (Å²) in [5.74, 6) is 0.589. The molecule has 1 fully saturated rings. The first-order valence-corrected chi connectivity index (χ1v) is 11.7. The van der Waals surface area contributed by atoms with Crippen molar-refractivity contribution >= 4 is 11.8 Å². The average molecular weight is 419 g/mol. The lowest BCUT2D eigenvalue weighted by atomic mass is 9.85. The zero-order chi connectivity index (χ0) is 21.2. The predicted octanol–water partition coefficient (Wildman–Crippen LogP) is 4.62. The van der Waals surface area contributed by atoms with E-state index >= 15 is 0 Å². The topological polar surface area (TPSA) is 49.9 Å². The molecule has 2 aromatic carbocycles. The second kappa shape index (κ2) is 8.83. The maximum Gasteiger partial charge on any atom is 0.261 e. The number of amides is 2. The summed E-state index contributed by atoms with van der Waals surface area (Å²) in [7, 11) is 0. The van der Waals surface area contributed by atoms with E-state index in [0.29, 0.717) is 36.7 Å². The van der Waals surface area contributed by atoms with E-state index in [4.69, 9.17) is 4.74 Å². The summed E-state index contributed by atoms with van der Waals surface area (Å²) in [5.41, 5.74) is 3.81. The largest absolute Gasteiger partial charge is 0.493 e. The third-order valence-electron chi connectivity index (χ3n) is 6.93. The van der Waals surface area contributed by atoms with Gasteiger partial charge in [0, 0.05) is 12.6 Å². The molecular formula is C26H30N2O3. The molecule has 31 heavy (non-hydrogen) atoms. The number of carbonyl (C=O) groups excluding carboxylic acids is 2. The number of piperidine rings is 1. The van der Waals surface area contributed by atoms with Crippen LogP contribution >= 0.6 is 0 Å². The molecule has 0 radical (unpaired) electrons. The summed E-state index contributed by atoms with van der Waals surface area (Å²) in [4.78, 5) is 29.0. The summed E-state index contributed by atoms with van der Waals surface area (Å²) in [6.45, 7) is 3.29. The molecule has 0 aromatic heterocycles. The summed E-state index contributed by atoms with van der Waals surface area (Å²) in [5, 5.41) is 0. The van der Waals surface area contributed by atoms with E-state index in [1.165, 1.54) is 61.2 Å². The minimum Gasteiger partial charge on any atom is -0.493 e. The Morgan fingerprint density at radius 2 is 1.61 bits per heavy atom. The van der Waals surface area contributed by atoms with E-state index in [1.54, 1.807) is 24.3 Å². The maximum atomic E-state index is 12.5. The van der Waals surface area contributed by atoms with Crippen molar-refractivity contribution in [3.05, 3.63) is 64.7 Å². The Kier molecular flexibility index (Phi) is 5.77. The number of hydrogen-bond donors (Lipinski definition) is 0. The zero-order valence-electron chi connectivity index (χ0n) is 18.0. The highest BCUT2D eigenvalue weighted by Crippen LogP contribution is 2.39. The number of hydrogen-bond acceptors (Lipinski definition) is 4. The normalized spacial score (nSPS) is 21.2. The van der Waals surface area contributed by atoms with Gasteiger partial charge in [-0.1, -0.05) is 30.7 Å². The lowest BCUT2D eigenvalue weighted by Gasteiger charge is -2.38. The predicted molar refractivity (Wildman–Crippen MR) is 119 cm³/mol. The van der Waals surface area contributed by atoms with Crippen molar-refractivity contribution < 1.29 is 14.3 Å². The van der Waals surface area contributed by atoms with Crippen LogP contribution in [0.25, 0.3) is 0 Å². The molecule has 162 valence electrons. The minimum atomic E-state index is -0.193. The number of fused-ring (bicyclic) bond motifs is 2. The fourth-order valence-corrected chi connectivity index (χ4v) is 5.38. The van der Waals surface area contributed by atoms with Gasteiger partial charge in [-0.25, -0.2) is 0 Å². The van der Waals surface area contributed by atoms with Crippen molar-refractivity contribution in [2.24, 2.45) is 0 Å². The summed E-state index contributed by atoms with van der Waals surface area (Å²) < 4.78 is 6.18. The Morgan fingerprint density at radius 3 is 2.35 bits per heavy atom. The molecule has 2 aliphatic heterocycles. The molecule has 1 atom stereocenters. The summed E-state index contributed by atoms with van der Waals surface area (Å²) in [6.07, 6.45) is 8.09. The zero-order valence-corrected chi connectivity index (χ0v) is 18.0. The molecule has 5 heteroatoms. The van der Waals surface area contributed by atoms with Gasteiger partial charge in [-0.05, 0) is 80.9 Å². The number of likely N-dealkylation sites (tertiary alicyclic amines) is 1. The first kappa shape index (κ1) is 20.3. The molecule has 0 N–H and O–H groups in total. The Bertz CT molecular complexity index is 945. The Labute approximate surface area is 184 Å². The van der Waals surface area contributed by atoms with E-state index in [-0.39, 0.29) is 11.8 Å². The molecule has 1 unspecified atom stereocenters. The van der Waals surface area contributed by atoms with Crippen LogP contribution in [0.2, 0.25) is 0 Å². The number of nitrogens with zero attached hydrogens (tertiary/aromatic N) is 2. The van der Waals surface area contributed by atoms with Crippen molar-refractivity contribution in [2.45, 2.75) is 51.0 Å². The van der Waals surface area contributed by atoms with Crippen LogP contribution < -0.4 is 4.74 Å². The van der Waals surface area contributed by atoms with Crippen LogP contribution in [-0.2, 0) is 6.42 Å². The van der Waals surface area contributed by atoms with Gasteiger partial charge in [0.2, 0.25) is 0 Å². The van der Waals surface area contributed by atoms with Crippen molar-refractivity contribution in [2.75, 3.05) is 26.2 Å². The van der Waals surface area contributed by atoms with Crippen molar-refractivity contribution in [1.29, 1.82) is 0 Å². The average Bonchev–Trinajstić information content (AvgIpc) is 3.07. The van der Waals surface area contributed by atoms with Crippen molar-refractivity contribution in [1.82, 2.24) is 9.80 Å². The smallest absolute Gasteiger partial charge is 0.261 e. The van der Waals surface area contributed by atoms with Crippen LogP contribution in [0.4, 0.5) is 0 Å². The van der Waals surface area contributed by atoms with Crippen molar-refractivity contribution in [3.8, 4) is 5.75 Å². The molecule has 2 amide bonds. The Morgan fingerprint density at radius 1 is 0.871 bits per heavy atom. The monoisotopic (exact) mass is 418 g/mol. The molecule has 2 aromatic rings. The van der Waals surface area contributed by atoms with Crippen LogP contribution in [0, 0.1) is 0 Å². The third kappa shape index (κ3) is 3.87. The van der Waals surface area contributed by atoms with E-state index in [0.717, 1.165) is 12.2 Å². The quantitative estimate of drug-likeness (QED) is 0.508. The lowest BCUT2D eigenvalue weighted by molar-refractivity contribution is 0.0646. The second-order valence-corrected chi connectivity index (χ2v) is 8.84. The number of benzene rings is 2. The number of ether oxygens (including phenoxy) is 1. The number of imide groups is 1. The minimum absolute atomic E-state index is 0.193. The second-order valence-electron chi connectivity index (χ2n) is 8.84. The van der Waals surface area contributed by atoms with E-state index in [1.807, 2.05) is 0 Å². The first-order chi connectivity index (χ1) is 15.2. The van der Waals surface area contributed by atoms with Gasteiger partial charge in [-0.15, -0.1) is 0 Å². The van der Waals surface area contributed by atoms with Gasteiger partial charge in [0.05, 0.1) is 17.7 Å². The lowest BCUT2D eigenvalue weighted by Crippen LogP contribution is -2.35. The van der Waals surface area contributed by atoms with E-state index < -0.39 is 0 Å². The van der Waals surface area contributed by atoms with Crippen LogP contribution in [0.3, 0.4) is 0 Å². The van der Waals surface area contributed by atoms with Crippen molar-refractivity contribution in [3.63, 3.8) is 0 Å². The molecule has 2 heterocycles. The standard InChI is InChI=1S/C26H30N2O3/c29-25-21-9-2-3-10-22(21)26(30)28(25)17-8-18-31-24-14-7-11-19-20(24)12-6-13-23(19)27-15-4-1-5-16-27/h2-3,7,9-11,14,23H,1,4-6,8,12-13,15-18H2.